The second-order valence-corrected chi connectivity index (χ2v) is 5.69. The van der Waals surface area contributed by atoms with Crippen LogP contribution < -0.4 is 4.74 Å². The fourth-order valence-corrected chi connectivity index (χ4v) is 3.06. The number of aromatic carboxylic acids is 1. The number of hydrogen-bond donors (Lipinski definition) is 1. The SMILES string of the molecule is COc1ccc(C(C)=O)cc1CSc1ccccc1C(=O)O. The number of carbonyl (C=O) groups excluding carboxylic acids is 1. The second-order valence-electron chi connectivity index (χ2n) is 4.67. The van der Waals surface area contributed by atoms with Crippen molar-refractivity contribution in [3.63, 3.8) is 0 Å². The van der Waals surface area contributed by atoms with Gasteiger partial charge in [0.05, 0.1) is 12.7 Å². The van der Waals surface area contributed by atoms with Crippen LogP contribution in [-0.4, -0.2) is 24.0 Å². The van der Waals surface area contributed by atoms with Crippen LogP contribution in [0.4, 0.5) is 0 Å². The Morgan fingerprint density at radius 1 is 1.18 bits per heavy atom. The third kappa shape index (κ3) is 3.68. The van der Waals surface area contributed by atoms with Crippen LogP contribution in [0.15, 0.2) is 47.4 Å². The Hall–Kier alpha value is -2.27. The summed E-state index contributed by atoms with van der Waals surface area (Å²) >= 11 is 1.41. The first-order valence-electron chi connectivity index (χ1n) is 6.66. The Labute approximate surface area is 133 Å². The quantitative estimate of drug-likeness (QED) is 0.647. The van der Waals surface area contributed by atoms with Crippen molar-refractivity contribution in [3.05, 3.63) is 59.2 Å². The van der Waals surface area contributed by atoms with Gasteiger partial charge in [-0.25, -0.2) is 4.79 Å². The van der Waals surface area contributed by atoms with Gasteiger partial charge in [-0.05, 0) is 37.3 Å². The lowest BCUT2D eigenvalue weighted by molar-refractivity contribution is 0.0693. The van der Waals surface area contributed by atoms with Crippen LogP contribution >= 0.6 is 11.8 Å². The first-order chi connectivity index (χ1) is 10.5. The summed E-state index contributed by atoms with van der Waals surface area (Å²) in [5.74, 6) is 0.242. The van der Waals surface area contributed by atoms with Crippen molar-refractivity contribution in [2.45, 2.75) is 17.6 Å². The van der Waals surface area contributed by atoms with Crippen LogP contribution in [0.5, 0.6) is 5.75 Å². The zero-order chi connectivity index (χ0) is 16.1. The van der Waals surface area contributed by atoms with E-state index in [2.05, 4.69) is 0 Å². The Kier molecular flexibility index (Phi) is 5.22. The van der Waals surface area contributed by atoms with Crippen LogP contribution in [-0.2, 0) is 5.75 Å². The molecular formula is C17H16O4S. The zero-order valence-corrected chi connectivity index (χ0v) is 13.1. The molecule has 0 unspecified atom stereocenters. The van der Waals surface area contributed by atoms with E-state index in [1.807, 2.05) is 0 Å². The van der Waals surface area contributed by atoms with E-state index in [9.17, 15) is 14.7 Å². The summed E-state index contributed by atoms with van der Waals surface area (Å²) in [5.41, 5.74) is 1.75. The molecule has 0 aliphatic carbocycles. The maximum atomic E-state index is 11.5. The molecule has 0 aliphatic heterocycles. The molecule has 0 bridgehead atoms. The fraction of sp³-hybridized carbons (Fsp3) is 0.176. The Bertz CT molecular complexity index is 710. The maximum Gasteiger partial charge on any atom is 0.336 e. The highest BCUT2D eigenvalue weighted by Crippen LogP contribution is 2.30. The van der Waals surface area contributed by atoms with Gasteiger partial charge in [0.2, 0.25) is 0 Å². The van der Waals surface area contributed by atoms with E-state index >= 15 is 0 Å². The van der Waals surface area contributed by atoms with Crippen LogP contribution in [0, 0.1) is 0 Å². The molecule has 2 aromatic rings. The summed E-state index contributed by atoms with van der Waals surface area (Å²) in [4.78, 5) is 23.4. The number of thioether (sulfide) groups is 1. The fourth-order valence-electron chi connectivity index (χ4n) is 2.04. The molecule has 0 aliphatic rings. The first kappa shape index (κ1) is 16.1. The molecule has 2 aromatic carbocycles. The van der Waals surface area contributed by atoms with Gasteiger partial charge in [-0.15, -0.1) is 11.8 Å². The minimum atomic E-state index is -0.951. The number of methoxy groups -OCH3 is 1. The van der Waals surface area contributed by atoms with Gasteiger partial charge in [-0.2, -0.15) is 0 Å². The minimum absolute atomic E-state index is 0.0140. The number of ether oxygens (including phenoxy) is 1. The summed E-state index contributed by atoms with van der Waals surface area (Å²) in [6.45, 7) is 1.51. The van der Waals surface area contributed by atoms with Gasteiger partial charge in [0, 0.05) is 21.8 Å². The summed E-state index contributed by atoms with van der Waals surface area (Å²) in [7, 11) is 1.57. The molecule has 0 spiro atoms. The Morgan fingerprint density at radius 3 is 2.55 bits per heavy atom. The van der Waals surface area contributed by atoms with Crippen molar-refractivity contribution < 1.29 is 19.4 Å². The molecule has 0 saturated heterocycles. The number of carboxylic acids is 1. The number of rotatable bonds is 6. The molecule has 0 heterocycles. The third-order valence-electron chi connectivity index (χ3n) is 3.19. The predicted octanol–water partition coefficient (Wildman–Crippen LogP) is 3.89. The summed E-state index contributed by atoms with van der Waals surface area (Å²) in [6.07, 6.45) is 0. The first-order valence-corrected chi connectivity index (χ1v) is 7.64. The number of Topliss-reactive ketones (excluding diaryl/α,β-unsaturated/α-hetero) is 1. The normalized spacial score (nSPS) is 10.3. The van der Waals surface area contributed by atoms with E-state index in [0.29, 0.717) is 22.0 Å². The highest BCUT2D eigenvalue weighted by molar-refractivity contribution is 7.98. The lowest BCUT2D eigenvalue weighted by Crippen LogP contribution is -1.99. The number of ketones is 1. The van der Waals surface area contributed by atoms with Gasteiger partial charge in [0.1, 0.15) is 5.75 Å². The van der Waals surface area contributed by atoms with Crippen LogP contribution in [0.3, 0.4) is 0 Å². The van der Waals surface area contributed by atoms with Crippen molar-refractivity contribution in [3.8, 4) is 5.75 Å². The van der Waals surface area contributed by atoms with E-state index in [-0.39, 0.29) is 11.3 Å². The van der Waals surface area contributed by atoms with Crippen molar-refractivity contribution in [1.29, 1.82) is 0 Å². The number of carbonyl (C=O) groups is 2. The van der Waals surface area contributed by atoms with Crippen LogP contribution in [0.1, 0.15) is 33.2 Å². The van der Waals surface area contributed by atoms with E-state index in [1.165, 1.54) is 18.7 Å². The molecule has 5 heteroatoms. The molecular weight excluding hydrogens is 300 g/mol. The topological polar surface area (TPSA) is 63.6 Å². The van der Waals surface area contributed by atoms with Gasteiger partial charge in [-0.3, -0.25) is 4.79 Å². The number of hydrogen-bond acceptors (Lipinski definition) is 4. The van der Waals surface area contributed by atoms with Crippen LogP contribution in [0.25, 0.3) is 0 Å². The molecule has 114 valence electrons. The summed E-state index contributed by atoms with van der Waals surface area (Å²) in [6, 6.07) is 12.1. The lowest BCUT2D eigenvalue weighted by Gasteiger charge is -2.11. The van der Waals surface area contributed by atoms with E-state index in [1.54, 1.807) is 49.6 Å². The smallest absolute Gasteiger partial charge is 0.336 e. The molecule has 0 radical (unpaired) electrons. The van der Waals surface area contributed by atoms with Crippen molar-refractivity contribution in [2.24, 2.45) is 0 Å². The standard InChI is InChI=1S/C17H16O4S/c1-11(18)12-7-8-15(21-2)13(9-12)10-22-16-6-4-3-5-14(16)17(19)20/h3-9H,10H2,1-2H3,(H,19,20). The molecule has 2 rings (SSSR count). The number of benzene rings is 2. The lowest BCUT2D eigenvalue weighted by atomic mass is 10.1. The second kappa shape index (κ2) is 7.13. The Balaban J connectivity index is 2.26. The van der Waals surface area contributed by atoms with E-state index < -0.39 is 5.97 Å². The maximum absolute atomic E-state index is 11.5. The minimum Gasteiger partial charge on any atom is -0.496 e. The van der Waals surface area contributed by atoms with Crippen molar-refractivity contribution in [1.82, 2.24) is 0 Å². The molecule has 4 nitrogen and oxygen atoms in total. The highest BCUT2D eigenvalue weighted by Gasteiger charge is 2.12. The molecule has 0 atom stereocenters. The molecule has 0 aromatic heterocycles. The van der Waals surface area contributed by atoms with Gasteiger partial charge in [-0.1, -0.05) is 12.1 Å². The molecule has 1 N–H and O–H groups in total. The average Bonchev–Trinajstić information content (AvgIpc) is 2.52. The third-order valence-corrected chi connectivity index (χ3v) is 4.31. The molecule has 22 heavy (non-hydrogen) atoms. The monoisotopic (exact) mass is 316 g/mol. The van der Waals surface area contributed by atoms with Gasteiger partial charge < -0.3 is 9.84 Å². The van der Waals surface area contributed by atoms with Gasteiger partial charge in [0.25, 0.3) is 0 Å². The zero-order valence-electron chi connectivity index (χ0n) is 12.3. The van der Waals surface area contributed by atoms with Gasteiger partial charge >= 0.3 is 5.97 Å². The predicted molar refractivity (Wildman–Crippen MR) is 86.0 cm³/mol. The van der Waals surface area contributed by atoms with Gasteiger partial charge in [0.15, 0.2) is 5.78 Å². The molecule has 0 fully saturated rings. The number of carboxylic acid groups (broad SMARTS) is 1. The van der Waals surface area contributed by atoms with Crippen molar-refractivity contribution >= 4 is 23.5 Å². The Morgan fingerprint density at radius 2 is 1.91 bits per heavy atom. The molecule has 0 saturated carbocycles. The van der Waals surface area contributed by atoms with Crippen molar-refractivity contribution in [2.75, 3.05) is 7.11 Å². The summed E-state index contributed by atoms with van der Waals surface area (Å²) < 4.78 is 5.31. The molecule has 0 amide bonds. The highest BCUT2D eigenvalue weighted by atomic mass is 32.2. The van der Waals surface area contributed by atoms with E-state index in [0.717, 1.165) is 5.56 Å². The average molecular weight is 316 g/mol. The van der Waals surface area contributed by atoms with Crippen LogP contribution in [0.2, 0.25) is 0 Å². The summed E-state index contributed by atoms with van der Waals surface area (Å²) in [5, 5.41) is 9.20. The van der Waals surface area contributed by atoms with E-state index in [4.69, 9.17) is 4.74 Å². The largest absolute Gasteiger partial charge is 0.496 e.